The second-order valence-corrected chi connectivity index (χ2v) is 6.24. The standard InChI is InChI=1S/C11H13NO3S/c1-11(2,8-12)16(13,14)10-7-5-4-6-9(10)15-3/h4-7H,1-3H3. The lowest BCUT2D eigenvalue weighted by Gasteiger charge is -2.18. The van der Waals surface area contributed by atoms with Crippen LogP contribution < -0.4 is 4.74 Å². The third-order valence-electron chi connectivity index (χ3n) is 2.30. The first-order valence-electron chi connectivity index (χ1n) is 4.65. The lowest BCUT2D eigenvalue weighted by atomic mass is 10.2. The van der Waals surface area contributed by atoms with Gasteiger partial charge in [-0.25, -0.2) is 8.42 Å². The van der Waals surface area contributed by atoms with E-state index in [4.69, 9.17) is 10.00 Å². The minimum atomic E-state index is -3.72. The molecular formula is C11H13NO3S. The molecule has 5 heteroatoms. The molecule has 0 unspecified atom stereocenters. The Hall–Kier alpha value is -1.54. The van der Waals surface area contributed by atoms with Crippen molar-refractivity contribution in [3.05, 3.63) is 24.3 Å². The zero-order chi connectivity index (χ0) is 12.4. The molecule has 0 atom stereocenters. The van der Waals surface area contributed by atoms with Crippen molar-refractivity contribution in [2.45, 2.75) is 23.5 Å². The number of ether oxygens (including phenoxy) is 1. The fraction of sp³-hybridized carbons (Fsp3) is 0.364. The molecule has 0 saturated carbocycles. The second-order valence-electron chi connectivity index (χ2n) is 3.78. The van der Waals surface area contributed by atoms with Gasteiger partial charge in [0.25, 0.3) is 0 Å². The number of hydrogen-bond donors (Lipinski definition) is 0. The average Bonchev–Trinajstić information content (AvgIpc) is 2.28. The van der Waals surface area contributed by atoms with E-state index in [0.717, 1.165) is 0 Å². The van der Waals surface area contributed by atoms with Crippen LogP contribution in [0.4, 0.5) is 0 Å². The van der Waals surface area contributed by atoms with Crippen molar-refractivity contribution >= 4 is 9.84 Å². The van der Waals surface area contributed by atoms with Crippen molar-refractivity contribution in [3.63, 3.8) is 0 Å². The Labute approximate surface area is 95.4 Å². The van der Waals surface area contributed by atoms with E-state index < -0.39 is 14.6 Å². The number of para-hydroxylation sites is 1. The summed E-state index contributed by atoms with van der Waals surface area (Å²) in [6.07, 6.45) is 0. The van der Waals surface area contributed by atoms with Crippen LogP contribution >= 0.6 is 0 Å². The molecule has 0 bridgehead atoms. The summed E-state index contributed by atoms with van der Waals surface area (Å²) in [6, 6.07) is 8.06. The summed E-state index contributed by atoms with van der Waals surface area (Å²) in [5, 5.41) is 8.88. The van der Waals surface area contributed by atoms with Gasteiger partial charge in [0.1, 0.15) is 10.6 Å². The number of nitriles is 1. The molecule has 0 radical (unpaired) electrons. The highest BCUT2D eigenvalue weighted by Crippen LogP contribution is 2.31. The van der Waals surface area contributed by atoms with Gasteiger partial charge in [0.2, 0.25) is 9.84 Å². The predicted molar refractivity (Wildman–Crippen MR) is 59.9 cm³/mol. The monoisotopic (exact) mass is 239 g/mol. The molecule has 1 aromatic rings. The van der Waals surface area contributed by atoms with E-state index >= 15 is 0 Å². The van der Waals surface area contributed by atoms with Crippen LogP contribution in [0.1, 0.15) is 13.8 Å². The van der Waals surface area contributed by atoms with Crippen LogP contribution in [0.25, 0.3) is 0 Å². The van der Waals surface area contributed by atoms with Gasteiger partial charge in [0, 0.05) is 0 Å². The summed E-state index contributed by atoms with van der Waals surface area (Å²) >= 11 is 0. The largest absolute Gasteiger partial charge is 0.495 e. The molecular weight excluding hydrogens is 226 g/mol. The summed E-state index contributed by atoms with van der Waals surface area (Å²) in [5.41, 5.74) is 0. The van der Waals surface area contributed by atoms with Crippen molar-refractivity contribution in [1.82, 2.24) is 0 Å². The Morgan fingerprint density at radius 1 is 1.31 bits per heavy atom. The van der Waals surface area contributed by atoms with Crippen molar-refractivity contribution in [1.29, 1.82) is 5.26 Å². The smallest absolute Gasteiger partial charge is 0.200 e. The number of hydrogen-bond acceptors (Lipinski definition) is 4. The Bertz CT molecular complexity index is 526. The van der Waals surface area contributed by atoms with Crippen molar-refractivity contribution in [2.24, 2.45) is 0 Å². The highest BCUT2D eigenvalue weighted by atomic mass is 32.2. The number of methoxy groups -OCH3 is 1. The molecule has 0 N–H and O–H groups in total. The maximum absolute atomic E-state index is 12.2. The van der Waals surface area contributed by atoms with E-state index in [9.17, 15) is 8.42 Å². The van der Waals surface area contributed by atoms with Gasteiger partial charge in [0.15, 0.2) is 4.75 Å². The van der Waals surface area contributed by atoms with E-state index in [1.807, 2.05) is 0 Å². The molecule has 0 saturated heterocycles. The summed E-state index contributed by atoms with van der Waals surface area (Å²) in [6.45, 7) is 2.74. The third-order valence-corrected chi connectivity index (χ3v) is 4.65. The molecule has 0 spiro atoms. The minimum Gasteiger partial charge on any atom is -0.495 e. The molecule has 0 fully saturated rings. The zero-order valence-electron chi connectivity index (χ0n) is 9.39. The summed E-state index contributed by atoms with van der Waals surface area (Å²) in [7, 11) is -2.32. The first-order valence-corrected chi connectivity index (χ1v) is 6.14. The topological polar surface area (TPSA) is 67.2 Å². The first kappa shape index (κ1) is 12.5. The summed E-state index contributed by atoms with van der Waals surface area (Å²) in [5.74, 6) is 0.255. The van der Waals surface area contributed by atoms with Crippen LogP contribution in [0, 0.1) is 11.3 Å². The third kappa shape index (κ3) is 1.89. The highest BCUT2D eigenvalue weighted by Gasteiger charge is 2.37. The number of sulfone groups is 1. The van der Waals surface area contributed by atoms with Gasteiger partial charge in [0.05, 0.1) is 13.2 Å². The van der Waals surface area contributed by atoms with Crippen LogP contribution in [0.15, 0.2) is 29.2 Å². The van der Waals surface area contributed by atoms with Crippen molar-refractivity contribution in [3.8, 4) is 11.8 Å². The molecule has 4 nitrogen and oxygen atoms in total. The van der Waals surface area contributed by atoms with Crippen LogP contribution in [0.2, 0.25) is 0 Å². The van der Waals surface area contributed by atoms with Gasteiger partial charge < -0.3 is 4.74 Å². The Morgan fingerprint density at radius 3 is 2.38 bits per heavy atom. The molecule has 0 aliphatic carbocycles. The summed E-state index contributed by atoms with van der Waals surface area (Å²) < 4.78 is 27.8. The molecule has 0 amide bonds. The molecule has 0 aliphatic rings. The van der Waals surface area contributed by atoms with E-state index in [1.165, 1.54) is 27.0 Å². The lowest BCUT2D eigenvalue weighted by molar-refractivity contribution is 0.402. The molecule has 1 rings (SSSR count). The van der Waals surface area contributed by atoms with Crippen molar-refractivity contribution in [2.75, 3.05) is 7.11 Å². The Balaban J connectivity index is 3.46. The van der Waals surface area contributed by atoms with Gasteiger partial charge in [-0.05, 0) is 26.0 Å². The fourth-order valence-electron chi connectivity index (χ4n) is 1.18. The fourth-order valence-corrected chi connectivity index (χ4v) is 2.52. The molecule has 16 heavy (non-hydrogen) atoms. The summed E-state index contributed by atoms with van der Waals surface area (Å²) in [4.78, 5) is 0.0454. The van der Waals surface area contributed by atoms with Crippen LogP contribution in [0.3, 0.4) is 0 Å². The molecule has 0 heterocycles. The SMILES string of the molecule is COc1ccccc1S(=O)(=O)C(C)(C)C#N. The van der Waals surface area contributed by atoms with E-state index in [0.29, 0.717) is 0 Å². The lowest BCUT2D eigenvalue weighted by Crippen LogP contribution is -2.30. The van der Waals surface area contributed by atoms with Gasteiger partial charge in [-0.15, -0.1) is 0 Å². The highest BCUT2D eigenvalue weighted by molar-refractivity contribution is 7.93. The van der Waals surface area contributed by atoms with Gasteiger partial charge >= 0.3 is 0 Å². The zero-order valence-corrected chi connectivity index (χ0v) is 10.2. The molecule has 86 valence electrons. The van der Waals surface area contributed by atoms with Gasteiger partial charge in [-0.2, -0.15) is 5.26 Å². The van der Waals surface area contributed by atoms with Gasteiger partial charge in [-0.1, -0.05) is 12.1 Å². The normalized spacial score (nSPS) is 11.9. The van der Waals surface area contributed by atoms with E-state index in [2.05, 4.69) is 0 Å². The van der Waals surface area contributed by atoms with Gasteiger partial charge in [-0.3, -0.25) is 0 Å². The molecule has 0 aliphatic heterocycles. The Morgan fingerprint density at radius 2 is 1.88 bits per heavy atom. The average molecular weight is 239 g/mol. The van der Waals surface area contributed by atoms with Crippen molar-refractivity contribution < 1.29 is 13.2 Å². The quantitative estimate of drug-likeness (QED) is 0.806. The minimum absolute atomic E-state index is 0.0454. The van der Waals surface area contributed by atoms with Crippen LogP contribution in [-0.4, -0.2) is 20.3 Å². The maximum Gasteiger partial charge on any atom is 0.200 e. The molecule has 0 aromatic heterocycles. The Kier molecular flexibility index (Phi) is 3.24. The first-order chi connectivity index (χ1) is 7.36. The van der Waals surface area contributed by atoms with Crippen LogP contribution in [-0.2, 0) is 9.84 Å². The number of rotatable bonds is 3. The number of nitrogens with zero attached hydrogens (tertiary/aromatic N) is 1. The van der Waals surface area contributed by atoms with Crippen LogP contribution in [0.5, 0.6) is 5.75 Å². The number of benzene rings is 1. The van der Waals surface area contributed by atoms with E-state index in [-0.39, 0.29) is 10.6 Å². The second kappa shape index (κ2) is 4.14. The predicted octanol–water partition coefficient (Wildman–Crippen LogP) is 1.77. The maximum atomic E-state index is 12.2. The van der Waals surface area contributed by atoms with E-state index in [1.54, 1.807) is 24.3 Å². The molecule has 1 aromatic carbocycles.